The molecule has 2 aromatic rings. The van der Waals surface area contributed by atoms with Crippen LogP contribution < -0.4 is 11.1 Å². The highest BCUT2D eigenvalue weighted by atomic mass is 79.9. The number of halogens is 2. The highest BCUT2D eigenvalue weighted by Crippen LogP contribution is 2.38. The number of nitrogens with one attached hydrogen (secondary N) is 1. The number of aryl methyl sites for hydroxylation is 2. The average molecular weight is 617 g/mol. The summed E-state index contributed by atoms with van der Waals surface area (Å²) < 4.78 is 0.992. The number of aromatic nitrogens is 1. The van der Waals surface area contributed by atoms with Crippen LogP contribution in [-0.2, 0) is 17.6 Å². The van der Waals surface area contributed by atoms with Crippen LogP contribution in [0, 0.1) is 5.92 Å². The molecule has 2 fully saturated rings. The highest BCUT2D eigenvalue weighted by Gasteiger charge is 2.34. The van der Waals surface area contributed by atoms with Crippen molar-refractivity contribution in [2.45, 2.75) is 38.1 Å². The molecule has 208 valence electrons. The van der Waals surface area contributed by atoms with Crippen molar-refractivity contribution in [3.05, 3.63) is 62.3 Å². The predicted molar refractivity (Wildman–Crippen MR) is 156 cm³/mol. The lowest BCUT2D eigenvalue weighted by Crippen LogP contribution is -2.50. The fourth-order valence-electron chi connectivity index (χ4n) is 5.98. The molecule has 0 saturated carbocycles. The first-order chi connectivity index (χ1) is 18.8. The molecule has 0 radical (unpaired) electrons. The summed E-state index contributed by atoms with van der Waals surface area (Å²) in [6.45, 7) is 4.39. The van der Waals surface area contributed by atoms with Crippen LogP contribution in [0.25, 0.3) is 0 Å². The van der Waals surface area contributed by atoms with Crippen LogP contribution in [0.1, 0.15) is 47.7 Å². The lowest BCUT2D eigenvalue weighted by Gasteiger charge is -2.40. The van der Waals surface area contributed by atoms with Gasteiger partial charge in [-0.3, -0.25) is 14.7 Å². The van der Waals surface area contributed by atoms with Crippen molar-refractivity contribution >= 4 is 45.4 Å². The van der Waals surface area contributed by atoms with Crippen LogP contribution >= 0.6 is 27.5 Å². The zero-order valence-electron chi connectivity index (χ0n) is 22.2. The summed E-state index contributed by atoms with van der Waals surface area (Å²) in [6, 6.07) is 8.00. The van der Waals surface area contributed by atoms with Crippen LogP contribution in [0.15, 0.2) is 39.9 Å². The molecule has 3 aliphatic rings. The molecular weight excluding hydrogens is 582 g/mol. The van der Waals surface area contributed by atoms with Crippen LogP contribution in [-0.4, -0.2) is 83.9 Å². The Morgan fingerprint density at radius 3 is 2.51 bits per heavy atom. The molecule has 0 bridgehead atoms. The van der Waals surface area contributed by atoms with Gasteiger partial charge in [-0.2, -0.15) is 4.99 Å². The summed E-state index contributed by atoms with van der Waals surface area (Å²) in [7, 11) is 1.52. The van der Waals surface area contributed by atoms with Crippen molar-refractivity contribution < 1.29 is 9.59 Å². The van der Waals surface area contributed by atoms with E-state index in [-0.39, 0.29) is 17.9 Å². The smallest absolute Gasteiger partial charge is 0.343 e. The summed E-state index contributed by atoms with van der Waals surface area (Å²) in [4.78, 5) is 39.8. The van der Waals surface area contributed by atoms with E-state index in [1.165, 1.54) is 23.7 Å². The summed E-state index contributed by atoms with van der Waals surface area (Å²) in [5, 5.41) is 3.21. The number of aliphatic imine (C=N–C) groups is 1. The number of nitrogens with zero attached hydrogens (tertiary/aromatic N) is 5. The Morgan fingerprint density at radius 2 is 1.79 bits per heavy atom. The first-order valence-electron chi connectivity index (χ1n) is 13.6. The number of hydrogen-bond donors (Lipinski definition) is 2. The van der Waals surface area contributed by atoms with E-state index in [2.05, 4.69) is 49.3 Å². The van der Waals surface area contributed by atoms with Crippen molar-refractivity contribution in [3.63, 3.8) is 0 Å². The van der Waals surface area contributed by atoms with E-state index < -0.39 is 6.03 Å². The zero-order chi connectivity index (χ0) is 27.5. The second-order valence-electron chi connectivity index (χ2n) is 10.5. The quantitative estimate of drug-likeness (QED) is 0.403. The third kappa shape index (κ3) is 6.39. The molecule has 3 amide bonds. The maximum absolute atomic E-state index is 13.2. The van der Waals surface area contributed by atoms with Crippen molar-refractivity contribution in [3.8, 4) is 0 Å². The molecule has 1 unspecified atom stereocenters. The van der Waals surface area contributed by atoms with Gasteiger partial charge < -0.3 is 20.9 Å². The van der Waals surface area contributed by atoms with Crippen LogP contribution in [0.5, 0.6) is 0 Å². The van der Waals surface area contributed by atoms with Crippen molar-refractivity contribution in [1.29, 1.82) is 0 Å². The molecule has 2 saturated heterocycles. The van der Waals surface area contributed by atoms with Crippen molar-refractivity contribution in [1.82, 2.24) is 25.0 Å². The molecule has 9 nitrogen and oxygen atoms in total. The van der Waals surface area contributed by atoms with Crippen LogP contribution in [0.3, 0.4) is 0 Å². The first kappa shape index (κ1) is 27.9. The van der Waals surface area contributed by atoms with Gasteiger partial charge in [0.1, 0.15) is 0 Å². The molecular formula is C28H35BrClN7O2. The Hall–Kier alpha value is -2.69. The van der Waals surface area contributed by atoms with Gasteiger partial charge in [0.15, 0.2) is 0 Å². The number of fused-ring (bicyclic) bond motifs is 2. The van der Waals surface area contributed by atoms with E-state index in [1.807, 2.05) is 22.1 Å². The fraction of sp³-hybridized carbons (Fsp3) is 0.500. The van der Waals surface area contributed by atoms with E-state index >= 15 is 0 Å². The average Bonchev–Trinajstić information content (AvgIpc) is 3.09. The number of nitrogens with two attached hydrogens (primary N) is 1. The minimum absolute atomic E-state index is 0.0476. The number of rotatable bonds is 3. The normalized spacial score (nSPS) is 20.7. The number of benzene rings is 1. The summed E-state index contributed by atoms with van der Waals surface area (Å²) >= 11 is 9.97. The summed E-state index contributed by atoms with van der Waals surface area (Å²) in [5.74, 6) is 0.768. The maximum atomic E-state index is 13.2. The number of likely N-dealkylation sites (tertiary alicyclic amines) is 1. The standard InChI is InChI=1S/C28H35BrClN7O2/c1-32-28(39)34-27(31)37-8-6-18(7-9-37)14-24(38)35-10-12-36(13-11-35)26-23-5-4-22(30)16-19(23)2-3-20-15-21(29)17-33-25(20)26/h4-5,15-18,26H,2-3,6-14H2,1H3,(H3,31,32,34,39). The van der Waals surface area contributed by atoms with Gasteiger partial charge in [-0.1, -0.05) is 17.7 Å². The number of piperazine rings is 1. The zero-order valence-corrected chi connectivity index (χ0v) is 24.5. The number of amides is 3. The fourth-order valence-corrected chi connectivity index (χ4v) is 6.56. The molecule has 1 aromatic carbocycles. The molecule has 2 aliphatic heterocycles. The SMILES string of the molecule is CNC(=O)/N=C(\N)N1CCC(CC(=O)N2CCN(C3c4ccc(Cl)cc4CCc4cc(Br)cnc43)CC2)CC1. The largest absolute Gasteiger partial charge is 0.369 e. The van der Waals surface area contributed by atoms with Gasteiger partial charge in [0.2, 0.25) is 11.9 Å². The Kier molecular flexibility index (Phi) is 8.73. The van der Waals surface area contributed by atoms with E-state index in [9.17, 15) is 9.59 Å². The molecule has 3 heterocycles. The number of urea groups is 1. The van der Waals surface area contributed by atoms with Gasteiger partial charge in [0.05, 0.1) is 11.7 Å². The second kappa shape index (κ2) is 12.2. The number of carbonyl (C=O) groups is 2. The van der Waals surface area contributed by atoms with Gasteiger partial charge in [-0.05, 0) is 82.4 Å². The second-order valence-corrected chi connectivity index (χ2v) is 11.9. The lowest BCUT2D eigenvalue weighted by molar-refractivity contribution is -0.134. The molecule has 5 rings (SSSR count). The van der Waals surface area contributed by atoms with E-state index in [0.29, 0.717) is 38.5 Å². The van der Waals surface area contributed by atoms with E-state index in [1.54, 1.807) is 0 Å². The van der Waals surface area contributed by atoms with Crippen LogP contribution in [0.4, 0.5) is 4.79 Å². The third-order valence-electron chi connectivity index (χ3n) is 8.15. The van der Waals surface area contributed by atoms with Gasteiger partial charge in [-0.25, -0.2) is 4.79 Å². The molecule has 3 N–H and O–H groups in total. The minimum atomic E-state index is -0.452. The Bertz CT molecular complexity index is 1200. The number of carbonyl (C=O) groups excluding carboxylic acids is 2. The summed E-state index contributed by atoms with van der Waals surface area (Å²) in [6.07, 6.45) is 5.99. The number of pyridine rings is 1. The Morgan fingerprint density at radius 1 is 1.08 bits per heavy atom. The minimum Gasteiger partial charge on any atom is -0.369 e. The monoisotopic (exact) mass is 615 g/mol. The van der Waals surface area contributed by atoms with Gasteiger partial charge in [0.25, 0.3) is 0 Å². The maximum Gasteiger partial charge on any atom is 0.343 e. The Balaban J connectivity index is 1.21. The number of hydrogen-bond acceptors (Lipinski definition) is 4. The van der Waals surface area contributed by atoms with Gasteiger partial charge >= 0.3 is 6.03 Å². The molecule has 11 heteroatoms. The lowest BCUT2D eigenvalue weighted by atomic mass is 9.93. The van der Waals surface area contributed by atoms with Crippen molar-refractivity contribution in [2.24, 2.45) is 16.6 Å². The van der Waals surface area contributed by atoms with Crippen LogP contribution in [0.2, 0.25) is 5.02 Å². The molecule has 1 aromatic heterocycles. The topological polar surface area (TPSA) is 107 Å². The number of guanidine groups is 1. The van der Waals surface area contributed by atoms with E-state index in [0.717, 1.165) is 54.0 Å². The number of piperidine rings is 1. The first-order valence-corrected chi connectivity index (χ1v) is 14.7. The van der Waals surface area contributed by atoms with Gasteiger partial charge in [-0.15, -0.1) is 0 Å². The van der Waals surface area contributed by atoms with Gasteiger partial charge in [0, 0.05) is 68.4 Å². The van der Waals surface area contributed by atoms with E-state index in [4.69, 9.17) is 22.3 Å². The predicted octanol–water partition coefficient (Wildman–Crippen LogP) is 3.59. The summed E-state index contributed by atoms with van der Waals surface area (Å²) in [5.41, 5.74) is 10.9. The molecule has 1 aliphatic carbocycles. The molecule has 39 heavy (non-hydrogen) atoms. The Labute approximate surface area is 242 Å². The highest BCUT2D eigenvalue weighted by molar-refractivity contribution is 9.10. The van der Waals surface area contributed by atoms with Crippen molar-refractivity contribution in [2.75, 3.05) is 46.3 Å². The molecule has 0 spiro atoms. The third-order valence-corrected chi connectivity index (χ3v) is 8.82. The molecule has 1 atom stereocenters.